The van der Waals surface area contributed by atoms with E-state index in [2.05, 4.69) is 47.5 Å². The van der Waals surface area contributed by atoms with E-state index >= 15 is 0 Å². The Labute approximate surface area is 395 Å². The Morgan fingerprint density at radius 1 is 0.623 bits per heavy atom. The normalized spacial score (nSPS) is 14.9. The zero-order valence-electron chi connectivity index (χ0n) is 38.5. The lowest BCUT2D eigenvalue weighted by atomic mass is 9.98. The van der Waals surface area contributed by atoms with Crippen molar-refractivity contribution in [3.63, 3.8) is 0 Å². The van der Waals surface area contributed by atoms with E-state index in [1.807, 2.05) is 0 Å². The fourth-order valence-corrected chi connectivity index (χ4v) is 6.44. The molecule has 0 fully saturated rings. The molecule has 1 aromatic heterocycles. The van der Waals surface area contributed by atoms with E-state index in [1.165, 1.54) is 6.92 Å². The summed E-state index contributed by atoms with van der Waals surface area (Å²) in [6.45, 7) is 4.13. The van der Waals surface area contributed by atoms with Gasteiger partial charge in [-0.1, -0.05) is 38.5 Å². The number of fused-ring (bicyclic) bond motifs is 1. The van der Waals surface area contributed by atoms with Crippen LogP contribution in [0.5, 0.6) is 0 Å². The van der Waals surface area contributed by atoms with Crippen LogP contribution in [-0.2, 0) is 64.0 Å². The fourth-order valence-electron chi connectivity index (χ4n) is 6.44. The molecular weight excluding hydrogens is 911 g/mol. The van der Waals surface area contributed by atoms with Crippen LogP contribution in [0.25, 0.3) is 10.9 Å². The summed E-state index contributed by atoms with van der Waals surface area (Å²) in [6, 6.07) is -3.41. The lowest BCUT2D eigenvalue weighted by Crippen LogP contribution is -2.60. The number of hydrogen-bond donors (Lipinski definition) is 15. The SMILES string of the molecule is CC[C@H](C)[C@H](NC(=O)CNC(=O)[C@H](Cc1c[nH]c2ccccc12)NC(=O)[C@H](CC(N)=O)NC(=O)[C@@H](NC(=O)CNC(=O)[C@H](CCC(N)=O)NC(=O)[C@@H](N)CCC(N)=O)[C@@H](C)O)C(=O)N[C@@H](C)C(=O)O. The third-order valence-electron chi connectivity index (χ3n) is 10.6. The number of hydrogen-bond acceptors (Lipinski definition) is 14. The van der Waals surface area contributed by atoms with Crippen molar-refractivity contribution < 1.29 is 67.7 Å². The summed E-state index contributed by atoms with van der Waals surface area (Å²) < 4.78 is 0. The van der Waals surface area contributed by atoms with Crippen LogP contribution in [-0.4, -0.2) is 148 Å². The number of aliphatic carboxylic acids is 1. The number of primary amides is 3. The first kappa shape index (κ1) is 57.4. The van der Waals surface area contributed by atoms with E-state index in [1.54, 1.807) is 44.3 Å². The monoisotopic (exact) mass is 973 g/mol. The summed E-state index contributed by atoms with van der Waals surface area (Å²) in [5.74, 6) is -12.3. The number of H-pyrrole nitrogens is 1. The van der Waals surface area contributed by atoms with Gasteiger partial charge in [-0.3, -0.25) is 57.5 Å². The molecule has 9 atom stereocenters. The highest BCUT2D eigenvalue weighted by Gasteiger charge is 2.34. The van der Waals surface area contributed by atoms with Crippen molar-refractivity contribution in [2.75, 3.05) is 13.1 Å². The average Bonchev–Trinajstić information content (AvgIpc) is 3.69. The zero-order chi connectivity index (χ0) is 52.1. The van der Waals surface area contributed by atoms with Crippen LogP contribution >= 0.6 is 0 Å². The van der Waals surface area contributed by atoms with Crippen LogP contribution < -0.4 is 65.5 Å². The van der Waals surface area contributed by atoms with Crippen molar-refractivity contribution in [3.05, 3.63) is 36.0 Å². The van der Waals surface area contributed by atoms with Crippen LogP contribution in [0, 0.1) is 5.92 Å². The van der Waals surface area contributed by atoms with Gasteiger partial charge in [0, 0.05) is 36.4 Å². The summed E-state index contributed by atoms with van der Waals surface area (Å²) in [7, 11) is 0. The summed E-state index contributed by atoms with van der Waals surface area (Å²) in [5.41, 5.74) is 22.6. The minimum absolute atomic E-state index is 0.164. The molecule has 0 radical (unpaired) electrons. The van der Waals surface area contributed by atoms with E-state index in [-0.39, 0.29) is 32.1 Å². The number of carbonyl (C=O) groups excluding carboxylic acids is 11. The molecule has 11 amide bonds. The standard InChI is InChI=1S/C42H63N13O14/c1-5-19(2)34(40(66)50-20(3)42(68)69)54-32(60)17-49-38(64)27(14-22-16-47-25-9-7-6-8-23(22)25)52-39(65)28(15-31(46)59)53-41(67)35(21(4)56)55-33(61)18-48-37(63)26(11-13-30(45)58)51-36(62)24(43)10-12-29(44)57/h6-9,16,19-21,24,26-28,34-35,47,56H,5,10-15,17-18,43H2,1-4H3,(H2,44,57)(H2,45,58)(H2,46,59)(H,48,63)(H,49,64)(H,50,66)(H,51,62)(H,52,65)(H,53,67)(H,54,60)(H,55,61)(H,68,69)/t19-,20-,21+,24-,26-,27-,28-,34-,35-/m0/s1. The molecule has 0 spiro atoms. The topological polar surface area (TPSA) is 461 Å². The molecule has 19 N–H and O–H groups in total. The van der Waals surface area contributed by atoms with Crippen molar-refractivity contribution in [1.82, 2.24) is 47.5 Å². The van der Waals surface area contributed by atoms with Gasteiger partial charge in [0.15, 0.2) is 0 Å². The van der Waals surface area contributed by atoms with Gasteiger partial charge >= 0.3 is 5.97 Å². The molecule has 0 bridgehead atoms. The largest absolute Gasteiger partial charge is 0.480 e. The molecule has 1 heterocycles. The van der Waals surface area contributed by atoms with Crippen LogP contribution in [0.2, 0.25) is 0 Å². The fraction of sp³-hybridized carbons (Fsp3) is 0.524. The Morgan fingerprint density at radius 2 is 1.14 bits per heavy atom. The van der Waals surface area contributed by atoms with Gasteiger partial charge in [-0.15, -0.1) is 0 Å². The molecule has 27 heteroatoms. The lowest BCUT2D eigenvalue weighted by Gasteiger charge is -2.26. The van der Waals surface area contributed by atoms with E-state index in [0.717, 1.165) is 6.92 Å². The predicted octanol–water partition coefficient (Wildman–Crippen LogP) is -5.88. The van der Waals surface area contributed by atoms with Crippen molar-refractivity contribution >= 4 is 81.9 Å². The Hall–Kier alpha value is -7.68. The van der Waals surface area contributed by atoms with Gasteiger partial charge in [0.25, 0.3) is 0 Å². The van der Waals surface area contributed by atoms with E-state index < -0.39 is 145 Å². The molecule has 2 aromatic rings. The number of benzene rings is 1. The molecule has 27 nitrogen and oxygen atoms in total. The van der Waals surface area contributed by atoms with Gasteiger partial charge in [-0.05, 0) is 44.2 Å². The minimum atomic E-state index is -1.84. The second-order valence-corrected chi connectivity index (χ2v) is 16.3. The van der Waals surface area contributed by atoms with Crippen LogP contribution in [0.1, 0.15) is 71.8 Å². The second-order valence-electron chi connectivity index (χ2n) is 16.3. The van der Waals surface area contributed by atoms with Gasteiger partial charge in [0.1, 0.15) is 36.3 Å². The maximum atomic E-state index is 13.9. The number of aromatic nitrogens is 1. The molecule has 0 saturated heterocycles. The van der Waals surface area contributed by atoms with Gasteiger partial charge < -0.3 is 80.7 Å². The van der Waals surface area contributed by atoms with Crippen LogP contribution in [0.15, 0.2) is 30.5 Å². The van der Waals surface area contributed by atoms with Gasteiger partial charge in [0.05, 0.1) is 31.7 Å². The number of aliphatic hydroxyl groups is 1. The quantitative estimate of drug-likeness (QED) is 0.0347. The Kier molecular flexibility index (Phi) is 23.2. The molecule has 0 unspecified atom stereocenters. The van der Waals surface area contributed by atoms with Crippen molar-refractivity contribution in [1.29, 1.82) is 0 Å². The Bertz CT molecular complexity index is 2220. The molecule has 2 rings (SSSR count). The molecule has 0 aliphatic carbocycles. The average molecular weight is 974 g/mol. The lowest BCUT2D eigenvalue weighted by molar-refractivity contribution is -0.142. The van der Waals surface area contributed by atoms with Gasteiger partial charge in [0.2, 0.25) is 65.0 Å². The molecular formula is C42H63N13O14. The Morgan fingerprint density at radius 3 is 1.70 bits per heavy atom. The summed E-state index contributed by atoms with van der Waals surface area (Å²) in [4.78, 5) is 155. The molecule has 0 aliphatic heterocycles. The number of nitrogens with two attached hydrogens (primary N) is 4. The summed E-state index contributed by atoms with van der Waals surface area (Å²) in [5, 5.41) is 38.9. The first-order chi connectivity index (χ1) is 32.3. The molecule has 0 aliphatic rings. The number of para-hydroxylation sites is 1. The number of carbonyl (C=O) groups is 12. The number of rotatable bonds is 30. The maximum absolute atomic E-state index is 13.9. The van der Waals surface area contributed by atoms with Crippen molar-refractivity contribution in [2.24, 2.45) is 28.9 Å². The minimum Gasteiger partial charge on any atom is -0.480 e. The second kappa shape index (κ2) is 27.8. The molecule has 0 saturated carbocycles. The van der Waals surface area contributed by atoms with Gasteiger partial charge in [-0.25, -0.2) is 0 Å². The highest BCUT2D eigenvalue weighted by Crippen LogP contribution is 2.19. The molecule has 1 aromatic carbocycles. The number of amides is 11. The first-order valence-electron chi connectivity index (χ1n) is 21.8. The Balaban J connectivity index is 2.27. The van der Waals surface area contributed by atoms with Crippen LogP contribution in [0.3, 0.4) is 0 Å². The van der Waals surface area contributed by atoms with Crippen LogP contribution in [0.4, 0.5) is 0 Å². The number of carboxylic acids is 1. The van der Waals surface area contributed by atoms with E-state index in [0.29, 0.717) is 22.9 Å². The highest BCUT2D eigenvalue weighted by atomic mass is 16.4. The number of aliphatic hydroxyl groups excluding tert-OH is 1. The number of carboxylic acid groups (broad SMARTS) is 1. The highest BCUT2D eigenvalue weighted by molar-refractivity contribution is 5.99. The van der Waals surface area contributed by atoms with Gasteiger partial charge in [-0.2, -0.15) is 0 Å². The molecule has 69 heavy (non-hydrogen) atoms. The summed E-state index contributed by atoms with van der Waals surface area (Å²) >= 11 is 0. The smallest absolute Gasteiger partial charge is 0.325 e. The van der Waals surface area contributed by atoms with E-state index in [4.69, 9.17) is 22.9 Å². The van der Waals surface area contributed by atoms with Crippen molar-refractivity contribution in [2.45, 2.75) is 121 Å². The number of nitrogens with one attached hydrogen (secondary N) is 9. The van der Waals surface area contributed by atoms with E-state index in [9.17, 15) is 67.7 Å². The van der Waals surface area contributed by atoms with Crippen molar-refractivity contribution in [3.8, 4) is 0 Å². The predicted molar refractivity (Wildman–Crippen MR) is 243 cm³/mol. The number of aromatic amines is 1. The molecule has 380 valence electrons. The maximum Gasteiger partial charge on any atom is 0.325 e. The summed E-state index contributed by atoms with van der Waals surface area (Å²) in [6.07, 6.45) is -1.90. The third-order valence-corrected chi connectivity index (χ3v) is 10.6. The first-order valence-corrected chi connectivity index (χ1v) is 21.8. The zero-order valence-corrected chi connectivity index (χ0v) is 38.5. The third kappa shape index (κ3) is 19.6.